The van der Waals surface area contributed by atoms with Crippen LogP contribution in [0.4, 0.5) is 0 Å². The summed E-state index contributed by atoms with van der Waals surface area (Å²) < 4.78 is 0. The van der Waals surface area contributed by atoms with Crippen LogP contribution in [-0.4, -0.2) is 29.1 Å². The zero-order valence-electron chi connectivity index (χ0n) is 11.5. The fraction of sp³-hybridized carbons (Fsp3) is 0.143. The Morgan fingerprint density at radius 2 is 1.91 bits per heavy atom. The van der Waals surface area contributed by atoms with Crippen LogP contribution in [0.1, 0.15) is 27.5 Å². The van der Waals surface area contributed by atoms with Gasteiger partial charge in [-0.05, 0) is 35.9 Å². The second-order valence-corrected chi connectivity index (χ2v) is 5.23. The molecule has 2 rings (SSSR count). The summed E-state index contributed by atoms with van der Waals surface area (Å²) >= 11 is 11.8. The second-order valence-electron chi connectivity index (χ2n) is 4.43. The van der Waals surface area contributed by atoms with Crippen LogP contribution in [0.5, 0.6) is 0 Å². The predicted octanol–water partition coefficient (Wildman–Crippen LogP) is 1.76. The van der Waals surface area contributed by atoms with E-state index in [1.54, 1.807) is 6.07 Å². The van der Waals surface area contributed by atoms with Crippen LogP contribution in [0.25, 0.3) is 0 Å². The summed E-state index contributed by atoms with van der Waals surface area (Å²) in [5.74, 6) is -1.89. The van der Waals surface area contributed by atoms with Crippen molar-refractivity contribution in [2.75, 3.05) is 7.05 Å². The van der Waals surface area contributed by atoms with Gasteiger partial charge >= 0.3 is 0 Å². The van der Waals surface area contributed by atoms with E-state index in [1.165, 1.54) is 31.3 Å². The molecule has 1 aromatic carbocycles. The number of hydrogen-bond acceptors (Lipinski definition) is 4. The number of primary amides is 1. The lowest BCUT2D eigenvalue weighted by atomic mass is 9.93. The predicted molar refractivity (Wildman–Crippen MR) is 82.9 cm³/mol. The summed E-state index contributed by atoms with van der Waals surface area (Å²) in [5, 5.41) is 10.6. The zero-order chi connectivity index (χ0) is 16.3. The highest BCUT2D eigenvalue weighted by Gasteiger charge is 2.25. The number of rotatable bonds is 4. The van der Waals surface area contributed by atoms with Crippen molar-refractivity contribution >= 4 is 35.0 Å². The smallest absolute Gasteiger partial charge is 0.251 e. The maximum Gasteiger partial charge on any atom is 0.251 e. The molecule has 0 bridgehead atoms. The number of halogens is 2. The van der Waals surface area contributed by atoms with Crippen molar-refractivity contribution < 1.29 is 9.59 Å². The summed E-state index contributed by atoms with van der Waals surface area (Å²) in [6.45, 7) is 0. The Labute approximate surface area is 136 Å². The van der Waals surface area contributed by atoms with Crippen LogP contribution in [-0.2, 0) is 4.79 Å². The standard InChI is InChI=1S/C14H12Cl2N4O2/c1-18-14(22)7-2-3-9(15)8(6-7)12(13(17)21)10-4-5-11(16)20-19-10/h2-6,12H,1H3,(H2,17,21)(H,18,22). The molecule has 1 heterocycles. The van der Waals surface area contributed by atoms with E-state index < -0.39 is 11.8 Å². The first-order valence-electron chi connectivity index (χ1n) is 6.24. The molecule has 3 N–H and O–H groups in total. The minimum atomic E-state index is -0.929. The number of benzene rings is 1. The van der Waals surface area contributed by atoms with Crippen molar-refractivity contribution in [3.63, 3.8) is 0 Å². The highest BCUT2D eigenvalue weighted by atomic mass is 35.5. The van der Waals surface area contributed by atoms with Gasteiger partial charge in [-0.15, -0.1) is 5.10 Å². The molecule has 6 nitrogen and oxygen atoms in total. The number of amides is 2. The van der Waals surface area contributed by atoms with E-state index in [-0.39, 0.29) is 11.1 Å². The third-order valence-electron chi connectivity index (χ3n) is 3.03. The van der Waals surface area contributed by atoms with E-state index in [1.807, 2.05) is 0 Å². The molecule has 0 aliphatic carbocycles. The molecular weight excluding hydrogens is 327 g/mol. The van der Waals surface area contributed by atoms with Gasteiger partial charge in [-0.25, -0.2) is 0 Å². The van der Waals surface area contributed by atoms with Gasteiger partial charge < -0.3 is 11.1 Å². The van der Waals surface area contributed by atoms with E-state index in [0.717, 1.165) is 0 Å². The molecule has 0 fully saturated rings. The summed E-state index contributed by atoms with van der Waals surface area (Å²) in [7, 11) is 1.51. The number of hydrogen-bond donors (Lipinski definition) is 2. The van der Waals surface area contributed by atoms with Gasteiger partial charge in [-0.1, -0.05) is 23.2 Å². The van der Waals surface area contributed by atoms with E-state index in [4.69, 9.17) is 28.9 Å². The number of carbonyl (C=O) groups is 2. The summed E-state index contributed by atoms with van der Waals surface area (Å²) in [6, 6.07) is 7.62. The first-order chi connectivity index (χ1) is 10.4. The number of nitrogens with zero attached hydrogens (tertiary/aromatic N) is 2. The fourth-order valence-electron chi connectivity index (χ4n) is 1.99. The lowest BCUT2D eigenvalue weighted by molar-refractivity contribution is -0.118. The molecule has 22 heavy (non-hydrogen) atoms. The van der Waals surface area contributed by atoms with Crippen molar-refractivity contribution in [1.29, 1.82) is 0 Å². The highest BCUT2D eigenvalue weighted by Crippen LogP contribution is 2.30. The van der Waals surface area contributed by atoms with Crippen LogP contribution >= 0.6 is 23.2 Å². The molecule has 2 aromatic rings. The van der Waals surface area contributed by atoms with Crippen molar-refractivity contribution in [1.82, 2.24) is 15.5 Å². The monoisotopic (exact) mass is 338 g/mol. The second kappa shape index (κ2) is 6.72. The molecule has 1 atom stereocenters. The zero-order valence-corrected chi connectivity index (χ0v) is 13.0. The first-order valence-corrected chi connectivity index (χ1v) is 6.99. The number of nitrogens with one attached hydrogen (secondary N) is 1. The maximum atomic E-state index is 11.9. The molecule has 2 amide bonds. The van der Waals surface area contributed by atoms with Crippen LogP contribution in [0.3, 0.4) is 0 Å². The van der Waals surface area contributed by atoms with Crippen LogP contribution < -0.4 is 11.1 Å². The Hall–Kier alpha value is -2.18. The Morgan fingerprint density at radius 3 is 2.45 bits per heavy atom. The molecule has 114 valence electrons. The maximum absolute atomic E-state index is 11.9. The van der Waals surface area contributed by atoms with Gasteiger partial charge in [0.15, 0.2) is 5.15 Å². The van der Waals surface area contributed by atoms with Gasteiger partial charge in [0.05, 0.1) is 5.69 Å². The van der Waals surface area contributed by atoms with Gasteiger partial charge in [0.25, 0.3) is 5.91 Å². The molecule has 0 radical (unpaired) electrons. The lowest BCUT2D eigenvalue weighted by Crippen LogP contribution is -2.25. The molecule has 0 aliphatic heterocycles. The topological polar surface area (TPSA) is 98.0 Å². The molecule has 1 unspecified atom stereocenters. The van der Waals surface area contributed by atoms with Gasteiger partial charge in [0.2, 0.25) is 5.91 Å². The largest absolute Gasteiger partial charge is 0.369 e. The molecule has 1 aromatic heterocycles. The molecule has 0 saturated heterocycles. The average Bonchev–Trinajstić information content (AvgIpc) is 2.50. The Balaban J connectivity index is 2.55. The minimum absolute atomic E-state index is 0.192. The number of aromatic nitrogens is 2. The van der Waals surface area contributed by atoms with Gasteiger partial charge in [-0.3, -0.25) is 9.59 Å². The van der Waals surface area contributed by atoms with Crippen LogP contribution in [0.2, 0.25) is 10.2 Å². The molecule has 8 heteroatoms. The van der Waals surface area contributed by atoms with Crippen molar-refractivity contribution in [2.45, 2.75) is 5.92 Å². The third-order valence-corrected chi connectivity index (χ3v) is 3.57. The SMILES string of the molecule is CNC(=O)c1ccc(Cl)c(C(C(N)=O)c2ccc(Cl)nn2)c1. The van der Waals surface area contributed by atoms with E-state index in [0.29, 0.717) is 21.8 Å². The van der Waals surface area contributed by atoms with E-state index >= 15 is 0 Å². The Kier molecular flexibility index (Phi) is 4.95. The van der Waals surface area contributed by atoms with Gasteiger partial charge in [0, 0.05) is 17.6 Å². The molecule has 0 saturated carbocycles. The molecular formula is C14H12Cl2N4O2. The van der Waals surface area contributed by atoms with Crippen LogP contribution in [0, 0.1) is 0 Å². The molecule has 0 spiro atoms. The average molecular weight is 339 g/mol. The van der Waals surface area contributed by atoms with Crippen LogP contribution in [0.15, 0.2) is 30.3 Å². The summed E-state index contributed by atoms with van der Waals surface area (Å²) in [6.07, 6.45) is 0. The molecule has 0 aliphatic rings. The van der Waals surface area contributed by atoms with Gasteiger partial charge in [0.1, 0.15) is 5.92 Å². The van der Waals surface area contributed by atoms with Crippen molar-refractivity contribution in [2.24, 2.45) is 5.73 Å². The van der Waals surface area contributed by atoms with E-state index in [2.05, 4.69) is 15.5 Å². The first kappa shape index (κ1) is 16.2. The Morgan fingerprint density at radius 1 is 1.18 bits per heavy atom. The minimum Gasteiger partial charge on any atom is -0.369 e. The summed E-state index contributed by atoms with van der Waals surface area (Å²) in [5.41, 5.74) is 6.50. The van der Waals surface area contributed by atoms with Gasteiger partial charge in [-0.2, -0.15) is 5.10 Å². The fourth-order valence-corrected chi connectivity index (χ4v) is 2.32. The number of carbonyl (C=O) groups excluding carboxylic acids is 2. The van der Waals surface area contributed by atoms with E-state index in [9.17, 15) is 9.59 Å². The third kappa shape index (κ3) is 3.35. The normalized spacial score (nSPS) is 11.8. The summed E-state index contributed by atoms with van der Waals surface area (Å²) in [4.78, 5) is 23.6. The quantitative estimate of drug-likeness (QED) is 0.887. The number of nitrogens with two attached hydrogens (primary N) is 1. The van der Waals surface area contributed by atoms with Crippen molar-refractivity contribution in [3.8, 4) is 0 Å². The van der Waals surface area contributed by atoms with Crippen molar-refractivity contribution in [3.05, 3.63) is 57.3 Å². The highest BCUT2D eigenvalue weighted by molar-refractivity contribution is 6.32. The lowest BCUT2D eigenvalue weighted by Gasteiger charge is -2.15. The Bertz CT molecular complexity index is 719.